The number of aromatic nitrogens is 3. The number of thiazole rings is 1. The summed E-state index contributed by atoms with van der Waals surface area (Å²) in [7, 11) is 0. The van der Waals surface area contributed by atoms with Crippen molar-refractivity contribution in [3.05, 3.63) is 34.6 Å². The molecule has 44 heavy (non-hydrogen) atoms. The van der Waals surface area contributed by atoms with Gasteiger partial charge in [-0.2, -0.15) is 9.97 Å². The van der Waals surface area contributed by atoms with Gasteiger partial charge in [0, 0.05) is 60.2 Å². The summed E-state index contributed by atoms with van der Waals surface area (Å²) >= 11 is 7.98. The zero-order chi connectivity index (χ0) is 30.3. The highest BCUT2D eigenvalue weighted by Crippen LogP contribution is 2.47. The highest BCUT2D eigenvalue weighted by molar-refractivity contribution is 7.22. The summed E-state index contributed by atoms with van der Waals surface area (Å²) < 4.78 is 65.2. The maximum absolute atomic E-state index is 14.8. The number of nitrogen functional groups attached to an aromatic ring is 1. The molecule has 4 aliphatic rings. The first-order valence-corrected chi connectivity index (χ1v) is 16.1. The predicted octanol–water partition coefficient (Wildman–Crippen LogP) is 6.11. The van der Waals surface area contributed by atoms with Crippen LogP contribution in [0.2, 0.25) is 5.02 Å². The van der Waals surface area contributed by atoms with Gasteiger partial charge in [0.1, 0.15) is 24.4 Å². The lowest BCUT2D eigenvalue weighted by Crippen LogP contribution is -2.51. The Bertz CT molecular complexity index is 1780. The van der Waals surface area contributed by atoms with Crippen LogP contribution in [0.15, 0.2) is 18.2 Å². The second-order valence-corrected chi connectivity index (χ2v) is 13.8. The number of fused-ring (bicyclic) bond motifs is 5. The van der Waals surface area contributed by atoms with E-state index < -0.39 is 24.0 Å². The van der Waals surface area contributed by atoms with Crippen LogP contribution in [0.1, 0.15) is 44.1 Å². The van der Waals surface area contributed by atoms with Gasteiger partial charge in [0.05, 0.1) is 26.3 Å². The molecule has 6 heterocycles. The van der Waals surface area contributed by atoms with Crippen LogP contribution >= 0.6 is 22.9 Å². The Kier molecular flexibility index (Phi) is 6.82. The van der Waals surface area contributed by atoms with E-state index in [1.807, 2.05) is 0 Å². The van der Waals surface area contributed by atoms with E-state index in [-0.39, 0.29) is 67.3 Å². The third kappa shape index (κ3) is 4.57. The van der Waals surface area contributed by atoms with E-state index >= 15 is 0 Å². The van der Waals surface area contributed by atoms with Crippen LogP contribution in [0, 0.1) is 5.82 Å². The van der Waals surface area contributed by atoms with Gasteiger partial charge < -0.3 is 20.7 Å². The van der Waals surface area contributed by atoms with Crippen LogP contribution in [0.25, 0.3) is 32.2 Å². The second-order valence-electron chi connectivity index (χ2n) is 12.4. The Morgan fingerprint density at radius 2 is 1.93 bits per heavy atom. The zero-order valence-electron chi connectivity index (χ0n) is 23.6. The minimum absolute atomic E-state index is 0.0112. The summed E-state index contributed by atoms with van der Waals surface area (Å²) in [6.45, 7) is 2.69. The molecule has 8 nitrogen and oxygen atoms in total. The molecule has 0 saturated carbocycles. The molecule has 8 rings (SSSR count). The summed E-state index contributed by atoms with van der Waals surface area (Å²) in [4.78, 5) is 18.0. The molecule has 4 aliphatic heterocycles. The summed E-state index contributed by atoms with van der Waals surface area (Å²) in [5.74, 6) is -0.0821. The van der Waals surface area contributed by atoms with Crippen LogP contribution in [0.3, 0.4) is 0 Å². The van der Waals surface area contributed by atoms with Gasteiger partial charge in [0.2, 0.25) is 0 Å². The number of hydrogen-bond donors (Lipinski definition) is 2. The van der Waals surface area contributed by atoms with Crippen molar-refractivity contribution >= 4 is 55.0 Å². The maximum Gasteiger partial charge on any atom is 0.319 e. The minimum Gasteiger partial charge on any atom is -0.461 e. The minimum atomic E-state index is -2.91. The maximum atomic E-state index is 14.8. The Hall–Kier alpha value is -3.00. The molecule has 0 unspecified atom stereocenters. The van der Waals surface area contributed by atoms with E-state index in [1.54, 1.807) is 0 Å². The lowest BCUT2D eigenvalue weighted by atomic mass is 9.95. The molecule has 4 fully saturated rings. The van der Waals surface area contributed by atoms with Gasteiger partial charge in [0.15, 0.2) is 5.13 Å². The number of hydrogen-bond acceptors (Lipinski definition) is 9. The Labute approximate surface area is 259 Å². The highest BCUT2D eigenvalue weighted by Gasteiger charge is 2.49. The van der Waals surface area contributed by atoms with Crippen molar-refractivity contribution in [3.63, 3.8) is 0 Å². The average Bonchev–Trinajstić information content (AvgIpc) is 3.74. The van der Waals surface area contributed by atoms with Gasteiger partial charge in [-0.1, -0.05) is 22.9 Å². The van der Waals surface area contributed by atoms with Crippen molar-refractivity contribution in [3.8, 4) is 17.1 Å². The summed E-state index contributed by atoms with van der Waals surface area (Å²) in [6, 6.07) is 4.54. The first-order valence-electron chi connectivity index (χ1n) is 14.9. The molecule has 232 valence electrons. The van der Waals surface area contributed by atoms with Gasteiger partial charge in [-0.3, -0.25) is 4.90 Å². The smallest absolute Gasteiger partial charge is 0.319 e. The van der Waals surface area contributed by atoms with Crippen molar-refractivity contribution in [2.45, 2.75) is 62.3 Å². The molecule has 0 spiro atoms. The van der Waals surface area contributed by atoms with E-state index in [0.29, 0.717) is 37.3 Å². The van der Waals surface area contributed by atoms with Gasteiger partial charge in [-0.05, 0) is 50.4 Å². The quantitative estimate of drug-likeness (QED) is 0.242. The van der Waals surface area contributed by atoms with Crippen molar-refractivity contribution < 1.29 is 22.3 Å². The van der Waals surface area contributed by atoms with E-state index in [9.17, 15) is 17.6 Å². The number of piperazine rings is 1. The number of benzene rings is 2. The van der Waals surface area contributed by atoms with Crippen molar-refractivity contribution in [1.82, 2.24) is 25.2 Å². The molecule has 4 aromatic rings. The van der Waals surface area contributed by atoms with Gasteiger partial charge in [-0.15, -0.1) is 0 Å². The van der Waals surface area contributed by atoms with Gasteiger partial charge in [0.25, 0.3) is 6.43 Å². The van der Waals surface area contributed by atoms with Gasteiger partial charge in [-0.25, -0.2) is 22.5 Å². The molecule has 0 radical (unpaired) electrons. The molecule has 14 heteroatoms. The largest absolute Gasteiger partial charge is 0.461 e. The first kappa shape index (κ1) is 28.5. The summed E-state index contributed by atoms with van der Waals surface area (Å²) in [5, 5.41) is 4.04. The molecule has 0 aliphatic carbocycles. The molecule has 2 aromatic carbocycles. The molecule has 0 amide bonds. The number of rotatable bonds is 6. The summed E-state index contributed by atoms with van der Waals surface area (Å²) in [5.41, 5.74) is 5.78. The molecule has 3 N–H and O–H groups in total. The second kappa shape index (κ2) is 10.5. The van der Waals surface area contributed by atoms with Crippen molar-refractivity contribution in [1.29, 1.82) is 0 Å². The molecule has 2 bridgehead atoms. The van der Waals surface area contributed by atoms with E-state index in [4.69, 9.17) is 27.1 Å². The number of anilines is 2. The van der Waals surface area contributed by atoms with Crippen LogP contribution in [0.4, 0.5) is 28.5 Å². The van der Waals surface area contributed by atoms with Crippen LogP contribution in [-0.4, -0.2) is 76.4 Å². The predicted molar refractivity (Wildman–Crippen MR) is 163 cm³/mol. The number of nitrogens with zero attached hydrogens (tertiary/aromatic N) is 5. The summed E-state index contributed by atoms with van der Waals surface area (Å²) in [6.07, 6.45) is 0.364. The molecule has 4 saturated heterocycles. The highest BCUT2D eigenvalue weighted by atomic mass is 35.5. The van der Waals surface area contributed by atoms with E-state index in [2.05, 4.69) is 25.1 Å². The number of nitrogens with one attached hydrogen (secondary N) is 1. The van der Waals surface area contributed by atoms with Crippen LogP contribution < -0.4 is 20.7 Å². The van der Waals surface area contributed by atoms with E-state index in [1.165, 1.54) is 18.2 Å². The molecule has 4 atom stereocenters. The zero-order valence-corrected chi connectivity index (χ0v) is 25.2. The third-order valence-corrected chi connectivity index (χ3v) is 10.9. The SMILES string of the molecule is Nc1nc2c(-c3c(C(F)F)cc4c(N5C[C@H]6CC[C@@H](C5)N6)nc(OC[C@@]56CCCN5C[C@H](F)C6)nc4c3Cl)ccc(F)c2s1. The topological polar surface area (TPSA) is 92.4 Å². The molecular formula is C30H30ClF4N7OS. The van der Waals surface area contributed by atoms with Crippen molar-refractivity contribution in [2.24, 2.45) is 0 Å². The standard InChI is InChI=1S/C30H30ClF4N7OS/c31-22-21(17-4-5-20(33)25-24(17)38-28(36)44-25)18(26(34)35)8-19-23(22)39-29(40-27(19)41-11-15-2-3-16(12-41)37-15)43-13-30-6-1-7-42(30)10-14(32)9-30/h4-5,8,14-16,26,37H,1-3,6-7,9-13H2,(H2,36,38)/t14-,15-,16+,30+/m1/s1. The van der Waals surface area contributed by atoms with Crippen LogP contribution in [0.5, 0.6) is 6.01 Å². The van der Waals surface area contributed by atoms with Gasteiger partial charge >= 0.3 is 6.01 Å². The molecule has 2 aromatic heterocycles. The Morgan fingerprint density at radius 3 is 2.70 bits per heavy atom. The lowest BCUT2D eigenvalue weighted by Gasteiger charge is -2.35. The number of halogens is 5. The number of alkyl halides is 3. The fraction of sp³-hybridized carbons (Fsp3) is 0.500. The Morgan fingerprint density at radius 1 is 1.14 bits per heavy atom. The fourth-order valence-electron chi connectivity index (χ4n) is 7.77. The van der Waals surface area contributed by atoms with Crippen molar-refractivity contribution in [2.75, 3.05) is 43.4 Å². The molecular weight excluding hydrogens is 618 g/mol. The first-order chi connectivity index (χ1) is 21.2. The average molecular weight is 648 g/mol. The monoisotopic (exact) mass is 647 g/mol. The normalized spacial score (nSPS) is 26.9. The van der Waals surface area contributed by atoms with Crippen LogP contribution in [-0.2, 0) is 0 Å². The van der Waals surface area contributed by atoms with E-state index in [0.717, 1.165) is 43.6 Å². The third-order valence-electron chi connectivity index (χ3n) is 9.68. The fourth-order valence-corrected chi connectivity index (χ4v) is 8.89. The lowest BCUT2D eigenvalue weighted by molar-refractivity contribution is 0.107. The number of nitrogens with two attached hydrogens (primary N) is 1. The Balaban J connectivity index is 1.30. The number of ether oxygens (including phenoxy) is 1.